The minimum Gasteiger partial charge on any atom is -0.486 e. The molecule has 14 heteroatoms. The molecular formula is C26H20F6N2O5S. The zero-order chi connectivity index (χ0) is 29.3. The molecular weight excluding hydrogens is 566 g/mol. The summed E-state index contributed by atoms with van der Waals surface area (Å²) in [6, 6.07) is 9.21. The monoisotopic (exact) mass is 586 g/mol. The molecule has 2 aromatic carbocycles. The average Bonchev–Trinajstić information content (AvgIpc) is 2.89. The van der Waals surface area contributed by atoms with Gasteiger partial charge in [0.15, 0.2) is 0 Å². The fourth-order valence-corrected chi connectivity index (χ4v) is 5.57. The number of hydrogen-bond acceptors (Lipinski definition) is 5. The number of nitrogens with zero attached hydrogens (tertiary/aromatic N) is 2. The number of carboxylic acid groups (broad SMARTS) is 1. The van der Waals surface area contributed by atoms with Crippen LogP contribution in [0.25, 0.3) is 12.2 Å². The second kappa shape index (κ2) is 10.8. The van der Waals surface area contributed by atoms with Crippen molar-refractivity contribution in [1.82, 2.24) is 4.98 Å². The van der Waals surface area contributed by atoms with Crippen molar-refractivity contribution in [3.63, 3.8) is 0 Å². The molecule has 0 radical (unpaired) electrons. The Morgan fingerprint density at radius 2 is 1.77 bits per heavy atom. The molecule has 7 nitrogen and oxygen atoms in total. The Hall–Kier alpha value is -4.07. The molecule has 0 saturated heterocycles. The minimum atomic E-state index is -4.81. The molecule has 1 aliphatic rings. The summed E-state index contributed by atoms with van der Waals surface area (Å²) >= 11 is 0. The highest BCUT2D eigenvalue weighted by atomic mass is 32.2. The first kappa shape index (κ1) is 28.9. The average molecular weight is 587 g/mol. The predicted molar refractivity (Wildman–Crippen MR) is 132 cm³/mol. The van der Waals surface area contributed by atoms with Gasteiger partial charge in [-0.2, -0.15) is 26.3 Å². The molecule has 0 unspecified atom stereocenters. The second-order valence-electron chi connectivity index (χ2n) is 8.73. The third kappa shape index (κ3) is 6.38. The van der Waals surface area contributed by atoms with E-state index in [2.05, 4.69) is 4.98 Å². The van der Waals surface area contributed by atoms with E-state index in [4.69, 9.17) is 9.84 Å². The quantitative estimate of drug-likeness (QED) is 0.336. The standard InChI is InChI=1S/C26H20F6N2O5S/c27-25(28,29)17-3-1-4-19(14-17)40(37,38)34-15-18(8-11-24(35)36)39-23-10-7-16(13-22(23)34)6-9-21-20(26(30,31)32)5-2-12-33-21/h1-7,9-10,12-14,18H,8,11,15H2,(H,35,36)/b9-6+/t18-/m0/s1. The number of aromatic nitrogens is 1. The summed E-state index contributed by atoms with van der Waals surface area (Å²) in [4.78, 5) is 14.1. The molecule has 3 aromatic rings. The number of anilines is 1. The SMILES string of the molecule is O=C(O)CC[C@H]1CN(S(=O)(=O)c2cccc(C(F)(F)F)c2)c2cc(/C=C/c3ncccc3C(F)(F)F)ccc2O1. The fraction of sp³-hybridized carbons (Fsp3) is 0.231. The molecule has 212 valence electrons. The molecule has 1 aromatic heterocycles. The molecule has 0 saturated carbocycles. The van der Waals surface area contributed by atoms with Crippen molar-refractivity contribution >= 4 is 33.8 Å². The number of sulfonamides is 1. The van der Waals surface area contributed by atoms with Crippen molar-refractivity contribution < 1.29 is 49.4 Å². The van der Waals surface area contributed by atoms with Crippen LogP contribution in [0.5, 0.6) is 5.75 Å². The lowest BCUT2D eigenvalue weighted by Crippen LogP contribution is -2.43. The van der Waals surface area contributed by atoms with Crippen LogP contribution in [0.4, 0.5) is 32.0 Å². The van der Waals surface area contributed by atoms with Crippen molar-refractivity contribution in [2.24, 2.45) is 0 Å². The zero-order valence-electron chi connectivity index (χ0n) is 20.3. The van der Waals surface area contributed by atoms with E-state index in [1.165, 1.54) is 30.5 Å². The summed E-state index contributed by atoms with van der Waals surface area (Å²) in [5.74, 6) is -1.15. The van der Waals surface area contributed by atoms with Gasteiger partial charge < -0.3 is 9.84 Å². The largest absolute Gasteiger partial charge is 0.486 e. The van der Waals surface area contributed by atoms with E-state index in [1.807, 2.05) is 0 Å². The number of benzene rings is 2. The zero-order valence-corrected chi connectivity index (χ0v) is 21.1. The smallest absolute Gasteiger partial charge is 0.418 e. The molecule has 1 aliphatic heterocycles. The molecule has 40 heavy (non-hydrogen) atoms. The van der Waals surface area contributed by atoms with E-state index in [0.717, 1.165) is 40.7 Å². The normalized spacial score (nSPS) is 16.1. The van der Waals surface area contributed by atoms with E-state index in [9.17, 15) is 39.6 Å². The first-order valence-electron chi connectivity index (χ1n) is 11.6. The number of fused-ring (bicyclic) bond motifs is 1. The Labute approximate surface area is 224 Å². The van der Waals surface area contributed by atoms with Gasteiger partial charge in [-0.05, 0) is 60.5 Å². The van der Waals surface area contributed by atoms with Gasteiger partial charge in [-0.25, -0.2) is 8.42 Å². The van der Waals surface area contributed by atoms with Crippen molar-refractivity contribution in [1.29, 1.82) is 0 Å². The maximum atomic E-state index is 13.6. The topological polar surface area (TPSA) is 96.8 Å². The second-order valence-corrected chi connectivity index (χ2v) is 10.6. The van der Waals surface area contributed by atoms with E-state index < -0.39 is 57.0 Å². The Bertz CT molecular complexity index is 1550. The van der Waals surface area contributed by atoms with Gasteiger partial charge in [-0.1, -0.05) is 18.2 Å². The van der Waals surface area contributed by atoms with Gasteiger partial charge in [-0.15, -0.1) is 0 Å². The third-order valence-corrected chi connectivity index (χ3v) is 7.70. The molecule has 0 fully saturated rings. The van der Waals surface area contributed by atoms with E-state index in [-0.39, 0.29) is 35.5 Å². The number of aliphatic carboxylic acids is 1. The molecule has 2 heterocycles. The number of hydrogen-bond donors (Lipinski definition) is 1. The van der Waals surface area contributed by atoms with E-state index >= 15 is 0 Å². The summed E-state index contributed by atoms with van der Waals surface area (Å²) in [7, 11) is -4.62. The number of alkyl halides is 6. The highest BCUT2D eigenvalue weighted by molar-refractivity contribution is 7.92. The van der Waals surface area contributed by atoms with Crippen LogP contribution in [0.3, 0.4) is 0 Å². The van der Waals surface area contributed by atoms with Gasteiger partial charge >= 0.3 is 18.3 Å². The van der Waals surface area contributed by atoms with Crippen LogP contribution in [0.15, 0.2) is 65.7 Å². The summed E-state index contributed by atoms with van der Waals surface area (Å²) in [5, 5.41) is 9.03. The van der Waals surface area contributed by atoms with Gasteiger partial charge in [0, 0.05) is 12.6 Å². The van der Waals surface area contributed by atoms with Gasteiger partial charge in [0.25, 0.3) is 10.0 Å². The highest BCUT2D eigenvalue weighted by Crippen LogP contribution is 2.40. The van der Waals surface area contributed by atoms with Crippen LogP contribution in [0.2, 0.25) is 0 Å². The van der Waals surface area contributed by atoms with E-state index in [1.54, 1.807) is 0 Å². The summed E-state index contributed by atoms with van der Waals surface area (Å²) < 4.78 is 114. The molecule has 1 atom stereocenters. The van der Waals surface area contributed by atoms with E-state index in [0.29, 0.717) is 6.07 Å². The molecule has 4 rings (SSSR count). The summed E-state index contributed by atoms with van der Waals surface area (Å²) in [5.41, 5.74) is -2.39. The van der Waals surface area contributed by atoms with Crippen LogP contribution >= 0.6 is 0 Å². The predicted octanol–water partition coefficient (Wildman–Crippen LogP) is 6.11. The number of ether oxygens (including phenoxy) is 1. The maximum Gasteiger partial charge on any atom is 0.418 e. The fourth-order valence-electron chi connectivity index (χ4n) is 4.02. The van der Waals surface area contributed by atoms with Crippen molar-refractivity contribution in [2.45, 2.75) is 36.2 Å². The van der Waals surface area contributed by atoms with Gasteiger partial charge in [0.2, 0.25) is 0 Å². The third-order valence-electron chi connectivity index (χ3n) is 5.92. The Balaban J connectivity index is 1.76. The van der Waals surface area contributed by atoms with Crippen LogP contribution in [0, 0.1) is 0 Å². The van der Waals surface area contributed by atoms with Crippen molar-refractivity contribution in [2.75, 3.05) is 10.8 Å². The Kier molecular flexibility index (Phi) is 7.83. The van der Waals surface area contributed by atoms with Crippen LogP contribution in [-0.2, 0) is 27.2 Å². The summed E-state index contributed by atoms with van der Waals surface area (Å²) in [6.07, 6.45) is -7.33. The van der Waals surface area contributed by atoms with Gasteiger partial charge in [0.05, 0.1) is 33.9 Å². The maximum absolute atomic E-state index is 13.6. The summed E-state index contributed by atoms with van der Waals surface area (Å²) in [6.45, 7) is -0.412. The highest BCUT2D eigenvalue weighted by Gasteiger charge is 2.37. The first-order valence-corrected chi connectivity index (χ1v) is 13.0. The number of carboxylic acids is 1. The van der Waals surface area contributed by atoms with Crippen LogP contribution < -0.4 is 9.04 Å². The molecule has 1 N–H and O–H groups in total. The van der Waals surface area contributed by atoms with Gasteiger partial charge in [-0.3, -0.25) is 14.1 Å². The van der Waals surface area contributed by atoms with Crippen molar-refractivity contribution in [3.8, 4) is 5.75 Å². The Morgan fingerprint density at radius 3 is 2.45 bits per heavy atom. The first-order chi connectivity index (χ1) is 18.7. The number of pyridine rings is 1. The molecule has 0 aliphatic carbocycles. The number of carbonyl (C=O) groups is 1. The number of rotatable bonds is 7. The van der Waals surface area contributed by atoms with Gasteiger partial charge in [0.1, 0.15) is 11.9 Å². The lowest BCUT2D eigenvalue weighted by atomic mass is 10.1. The Morgan fingerprint density at radius 1 is 1.02 bits per heavy atom. The van der Waals surface area contributed by atoms with Crippen LogP contribution in [-0.4, -0.2) is 37.1 Å². The minimum absolute atomic E-state index is 0.00292. The molecule has 0 amide bonds. The van der Waals surface area contributed by atoms with Crippen LogP contribution in [0.1, 0.15) is 35.2 Å². The number of halogens is 6. The van der Waals surface area contributed by atoms with Crippen molar-refractivity contribution in [3.05, 3.63) is 83.2 Å². The lowest BCUT2D eigenvalue weighted by Gasteiger charge is -2.35. The lowest BCUT2D eigenvalue weighted by molar-refractivity contribution is -0.138. The molecule has 0 bridgehead atoms. The molecule has 0 spiro atoms.